The number of aryl methyl sites for hydroxylation is 1. The second kappa shape index (κ2) is 4.69. The molecule has 0 radical (unpaired) electrons. The Hall–Kier alpha value is -1.31. The molecule has 16 heavy (non-hydrogen) atoms. The fourth-order valence-corrected chi connectivity index (χ4v) is 2.02. The van der Waals surface area contributed by atoms with E-state index in [1.165, 1.54) is 11.1 Å². The Kier molecular flexibility index (Phi) is 3.28. The SMILES string of the molecule is Cc1ccccc1-c1cc(Cl)ccc1CN. The van der Waals surface area contributed by atoms with Crippen LogP contribution in [0.5, 0.6) is 0 Å². The summed E-state index contributed by atoms with van der Waals surface area (Å²) in [5.41, 5.74) is 10.4. The number of rotatable bonds is 2. The maximum Gasteiger partial charge on any atom is 0.0412 e. The highest BCUT2D eigenvalue weighted by atomic mass is 35.5. The number of hydrogen-bond donors (Lipinski definition) is 1. The molecule has 0 aliphatic rings. The van der Waals surface area contributed by atoms with Crippen LogP contribution in [0.4, 0.5) is 0 Å². The standard InChI is InChI=1S/C14H14ClN/c1-10-4-2-3-5-13(10)14-8-12(15)7-6-11(14)9-16/h2-8H,9,16H2,1H3. The van der Waals surface area contributed by atoms with Crippen molar-refractivity contribution in [3.8, 4) is 11.1 Å². The van der Waals surface area contributed by atoms with E-state index in [1.54, 1.807) is 0 Å². The van der Waals surface area contributed by atoms with Crippen molar-refractivity contribution in [2.24, 2.45) is 5.73 Å². The van der Waals surface area contributed by atoms with E-state index in [2.05, 4.69) is 19.1 Å². The van der Waals surface area contributed by atoms with Crippen molar-refractivity contribution in [3.05, 3.63) is 58.6 Å². The minimum atomic E-state index is 0.529. The number of nitrogens with two attached hydrogens (primary N) is 1. The molecule has 0 fully saturated rings. The van der Waals surface area contributed by atoms with E-state index in [9.17, 15) is 0 Å². The van der Waals surface area contributed by atoms with Crippen LogP contribution >= 0.6 is 11.6 Å². The number of halogens is 1. The van der Waals surface area contributed by atoms with Crippen molar-refractivity contribution in [1.29, 1.82) is 0 Å². The van der Waals surface area contributed by atoms with Gasteiger partial charge in [-0.05, 0) is 41.3 Å². The van der Waals surface area contributed by atoms with E-state index in [0.717, 1.165) is 16.1 Å². The zero-order valence-electron chi connectivity index (χ0n) is 9.20. The molecule has 0 atom stereocenters. The summed E-state index contributed by atoms with van der Waals surface area (Å²) in [5.74, 6) is 0. The van der Waals surface area contributed by atoms with Crippen molar-refractivity contribution >= 4 is 11.6 Å². The lowest BCUT2D eigenvalue weighted by Crippen LogP contribution is -1.99. The van der Waals surface area contributed by atoms with Crippen molar-refractivity contribution in [2.75, 3.05) is 0 Å². The molecule has 2 heteroatoms. The smallest absolute Gasteiger partial charge is 0.0412 e. The molecule has 0 amide bonds. The first-order chi connectivity index (χ1) is 7.72. The van der Waals surface area contributed by atoms with Gasteiger partial charge in [0.25, 0.3) is 0 Å². The third-order valence-corrected chi connectivity index (χ3v) is 2.96. The van der Waals surface area contributed by atoms with Gasteiger partial charge >= 0.3 is 0 Å². The van der Waals surface area contributed by atoms with Crippen LogP contribution < -0.4 is 5.73 Å². The van der Waals surface area contributed by atoms with Crippen LogP contribution in [0.3, 0.4) is 0 Å². The zero-order chi connectivity index (χ0) is 11.5. The Bertz CT molecular complexity index is 506. The lowest BCUT2D eigenvalue weighted by atomic mass is 9.96. The molecule has 2 rings (SSSR count). The van der Waals surface area contributed by atoms with Gasteiger partial charge < -0.3 is 5.73 Å². The van der Waals surface area contributed by atoms with Gasteiger partial charge in [0.05, 0.1) is 0 Å². The van der Waals surface area contributed by atoms with E-state index in [1.807, 2.05) is 30.3 Å². The van der Waals surface area contributed by atoms with E-state index >= 15 is 0 Å². The van der Waals surface area contributed by atoms with Gasteiger partial charge in [0.15, 0.2) is 0 Å². The van der Waals surface area contributed by atoms with E-state index < -0.39 is 0 Å². The number of benzene rings is 2. The third kappa shape index (κ3) is 2.11. The van der Waals surface area contributed by atoms with E-state index in [0.29, 0.717) is 6.54 Å². The highest BCUT2D eigenvalue weighted by molar-refractivity contribution is 6.30. The topological polar surface area (TPSA) is 26.0 Å². The minimum absolute atomic E-state index is 0.529. The summed E-state index contributed by atoms with van der Waals surface area (Å²) < 4.78 is 0. The summed E-state index contributed by atoms with van der Waals surface area (Å²) in [6.07, 6.45) is 0. The van der Waals surface area contributed by atoms with Crippen LogP contribution in [0, 0.1) is 6.92 Å². The summed E-state index contributed by atoms with van der Waals surface area (Å²) in [7, 11) is 0. The average molecular weight is 232 g/mol. The molecule has 0 saturated carbocycles. The Labute approximate surface area is 101 Å². The summed E-state index contributed by atoms with van der Waals surface area (Å²) in [6, 6.07) is 14.1. The lowest BCUT2D eigenvalue weighted by molar-refractivity contribution is 1.07. The van der Waals surface area contributed by atoms with E-state index in [-0.39, 0.29) is 0 Å². The first-order valence-corrected chi connectivity index (χ1v) is 5.64. The molecule has 0 bridgehead atoms. The Morgan fingerprint density at radius 3 is 2.50 bits per heavy atom. The molecule has 2 N–H and O–H groups in total. The van der Waals surface area contributed by atoms with Gasteiger partial charge in [-0.2, -0.15) is 0 Å². The molecule has 0 aliphatic heterocycles. The minimum Gasteiger partial charge on any atom is -0.326 e. The van der Waals surface area contributed by atoms with Crippen molar-refractivity contribution in [1.82, 2.24) is 0 Å². The quantitative estimate of drug-likeness (QED) is 0.837. The third-order valence-electron chi connectivity index (χ3n) is 2.73. The molecule has 0 saturated heterocycles. The van der Waals surface area contributed by atoms with Crippen LogP contribution in [0.1, 0.15) is 11.1 Å². The summed E-state index contributed by atoms with van der Waals surface area (Å²) >= 11 is 6.04. The molecule has 0 aliphatic carbocycles. The van der Waals surface area contributed by atoms with Gasteiger partial charge in [-0.15, -0.1) is 0 Å². The molecule has 0 heterocycles. The molecule has 2 aromatic carbocycles. The van der Waals surface area contributed by atoms with Gasteiger partial charge in [-0.3, -0.25) is 0 Å². The maximum absolute atomic E-state index is 6.04. The molecule has 0 aromatic heterocycles. The summed E-state index contributed by atoms with van der Waals surface area (Å²) in [6.45, 7) is 2.62. The Balaban J connectivity index is 2.63. The van der Waals surface area contributed by atoms with Gasteiger partial charge in [-0.25, -0.2) is 0 Å². The summed E-state index contributed by atoms with van der Waals surface area (Å²) in [4.78, 5) is 0. The molecule has 2 aromatic rings. The second-order valence-electron chi connectivity index (χ2n) is 3.82. The van der Waals surface area contributed by atoms with Crippen molar-refractivity contribution < 1.29 is 0 Å². The Morgan fingerprint density at radius 2 is 1.81 bits per heavy atom. The molecule has 1 nitrogen and oxygen atoms in total. The normalized spacial score (nSPS) is 10.4. The number of hydrogen-bond acceptors (Lipinski definition) is 1. The van der Waals surface area contributed by atoms with Crippen LogP contribution in [-0.2, 0) is 6.54 Å². The second-order valence-corrected chi connectivity index (χ2v) is 4.26. The fourth-order valence-electron chi connectivity index (χ4n) is 1.85. The first kappa shape index (κ1) is 11.2. The van der Waals surface area contributed by atoms with Gasteiger partial charge in [0, 0.05) is 11.6 Å². The largest absolute Gasteiger partial charge is 0.326 e. The van der Waals surface area contributed by atoms with Gasteiger partial charge in [-0.1, -0.05) is 41.9 Å². The predicted octanol–water partition coefficient (Wildman–Crippen LogP) is 3.77. The zero-order valence-corrected chi connectivity index (χ0v) is 9.96. The first-order valence-electron chi connectivity index (χ1n) is 5.27. The molecular formula is C14H14ClN. The Morgan fingerprint density at radius 1 is 1.06 bits per heavy atom. The van der Waals surface area contributed by atoms with Crippen molar-refractivity contribution in [2.45, 2.75) is 13.5 Å². The summed E-state index contributed by atoms with van der Waals surface area (Å²) in [5, 5.41) is 0.746. The fraction of sp³-hybridized carbons (Fsp3) is 0.143. The molecular weight excluding hydrogens is 218 g/mol. The molecule has 0 unspecified atom stereocenters. The molecule has 0 spiro atoms. The highest BCUT2D eigenvalue weighted by Gasteiger charge is 2.06. The van der Waals surface area contributed by atoms with Crippen LogP contribution in [-0.4, -0.2) is 0 Å². The van der Waals surface area contributed by atoms with Crippen molar-refractivity contribution in [3.63, 3.8) is 0 Å². The maximum atomic E-state index is 6.04. The molecule has 82 valence electrons. The average Bonchev–Trinajstić information content (AvgIpc) is 2.29. The van der Waals surface area contributed by atoms with Crippen LogP contribution in [0.2, 0.25) is 5.02 Å². The van der Waals surface area contributed by atoms with Gasteiger partial charge in [0.2, 0.25) is 0 Å². The lowest BCUT2D eigenvalue weighted by Gasteiger charge is -2.11. The van der Waals surface area contributed by atoms with Crippen LogP contribution in [0.25, 0.3) is 11.1 Å². The van der Waals surface area contributed by atoms with Gasteiger partial charge in [0.1, 0.15) is 0 Å². The van der Waals surface area contributed by atoms with Crippen LogP contribution in [0.15, 0.2) is 42.5 Å². The monoisotopic (exact) mass is 231 g/mol. The highest BCUT2D eigenvalue weighted by Crippen LogP contribution is 2.29. The predicted molar refractivity (Wildman–Crippen MR) is 69.5 cm³/mol. The van der Waals surface area contributed by atoms with E-state index in [4.69, 9.17) is 17.3 Å².